The van der Waals surface area contributed by atoms with Gasteiger partial charge in [-0.15, -0.1) is 0 Å². The number of nitrogens with one attached hydrogen (secondary N) is 1. The summed E-state index contributed by atoms with van der Waals surface area (Å²) in [7, 11) is 0. The highest BCUT2D eigenvalue weighted by molar-refractivity contribution is 5.97. The molecule has 1 N–H and O–H groups in total. The van der Waals surface area contributed by atoms with E-state index in [9.17, 15) is 14.0 Å². The summed E-state index contributed by atoms with van der Waals surface area (Å²) >= 11 is 0. The fourth-order valence-corrected chi connectivity index (χ4v) is 3.48. The summed E-state index contributed by atoms with van der Waals surface area (Å²) in [5, 5.41) is 2.76. The number of hydrogen-bond acceptors (Lipinski definition) is 2. The molecule has 2 aromatic carbocycles. The highest BCUT2D eigenvalue weighted by Crippen LogP contribution is 2.20. The van der Waals surface area contributed by atoms with E-state index in [2.05, 4.69) is 11.4 Å². The van der Waals surface area contributed by atoms with Crippen LogP contribution in [-0.2, 0) is 17.8 Å². The van der Waals surface area contributed by atoms with Crippen molar-refractivity contribution in [1.82, 2.24) is 10.2 Å². The van der Waals surface area contributed by atoms with E-state index in [1.807, 2.05) is 32.0 Å². The summed E-state index contributed by atoms with van der Waals surface area (Å²) in [5.74, 6) is -1.03. The molecule has 0 saturated heterocycles. The number of fused-ring (bicyclic) bond motifs is 1. The average molecular weight is 368 g/mol. The Kier molecular flexibility index (Phi) is 5.89. The molecule has 4 nitrogen and oxygen atoms in total. The first-order valence-electron chi connectivity index (χ1n) is 9.36. The van der Waals surface area contributed by atoms with Gasteiger partial charge in [0, 0.05) is 13.1 Å². The molecule has 0 saturated carbocycles. The van der Waals surface area contributed by atoms with Crippen LogP contribution >= 0.6 is 0 Å². The lowest BCUT2D eigenvalue weighted by molar-refractivity contribution is -0.134. The zero-order valence-corrected chi connectivity index (χ0v) is 15.7. The second-order valence-electron chi connectivity index (χ2n) is 7.41. The molecule has 0 fully saturated rings. The van der Waals surface area contributed by atoms with Crippen LogP contribution in [0.25, 0.3) is 0 Å². The summed E-state index contributed by atoms with van der Waals surface area (Å²) in [4.78, 5) is 27.4. The Morgan fingerprint density at radius 1 is 1.07 bits per heavy atom. The van der Waals surface area contributed by atoms with Gasteiger partial charge in [-0.2, -0.15) is 0 Å². The van der Waals surface area contributed by atoms with Crippen LogP contribution in [0, 0.1) is 11.7 Å². The van der Waals surface area contributed by atoms with Crippen LogP contribution in [0.15, 0.2) is 48.5 Å². The van der Waals surface area contributed by atoms with Crippen molar-refractivity contribution in [3.8, 4) is 0 Å². The third-order valence-corrected chi connectivity index (χ3v) is 4.87. The van der Waals surface area contributed by atoms with Gasteiger partial charge in [0.25, 0.3) is 5.91 Å². The van der Waals surface area contributed by atoms with E-state index in [1.54, 1.807) is 11.0 Å². The Morgan fingerprint density at radius 3 is 2.44 bits per heavy atom. The molecule has 0 spiro atoms. The van der Waals surface area contributed by atoms with Crippen molar-refractivity contribution in [3.05, 3.63) is 71.0 Å². The monoisotopic (exact) mass is 368 g/mol. The number of amides is 2. The zero-order valence-electron chi connectivity index (χ0n) is 15.7. The molecule has 27 heavy (non-hydrogen) atoms. The van der Waals surface area contributed by atoms with E-state index < -0.39 is 17.8 Å². The summed E-state index contributed by atoms with van der Waals surface area (Å²) in [6, 6.07) is 13.3. The van der Waals surface area contributed by atoms with Gasteiger partial charge in [-0.25, -0.2) is 4.39 Å². The maximum atomic E-state index is 13.9. The molecule has 1 aliphatic heterocycles. The second kappa shape index (κ2) is 8.33. The van der Waals surface area contributed by atoms with Crippen LogP contribution in [0.3, 0.4) is 0 Å². The second-order valence-corrected chi connectivity index (χ2v) is 7.41. The van der Waals surface area contributed by atoms with Gasteiger partial charge < -0.3 is 10.2 Å². The van der Waals surface area contributed by atoms with E-state index in [1.165, 1.54) is 23.8 Å². The van der Waals surface area contributed by atoms with Gasteiger partial charge in [-0.3, -0.25) is 9.59 Å². The molecule has 0 aliphatic carbocycles. The Labute approximate surface area is 159 Å². The predicted octanol–water partition coefficient (Wildman–Crippen LogP) is 3.56. The molecule has 0 bridgehead atoms. The number of halogens is 1. The van der Waals surface area contributed by atoms with Crippen molar-refractivity contribution in [3.63, 3.8) is 0 Å². The number of carbonyl (C=O) groups is 2. The Hall–Kier alpha value is -2.69. The van der Waals surface area contributed by atoms with Gasteiger partial charge >= 0.3 is 0 Å². The lowest BCUT2D eigenvalue weighted by Crippen LogP contribution is -2.50. The number of carbonyl (C=O) groups excluding carboxylic acids is 2. The molecule has 5 heteroatoms. The Morgan fingerprint density at radius 2 is 1.74 bits per heavy atom. The van der Waals surface area contributed by atoms with Crippen molar-refractivity contribution < 1.29 is 14.0 Å². The Bertz CT molecular complexity index is 835. The molecule has 3 rings (SSSR count). The van der Waals surface area contributed by atoms with E-state index in [4.69, 9.17) is 0 Å². The first-order valence-corrected chi connectivity index (χ1v) is 9.36. The third kappa shape index (κ3) is 4.54. The molecule has 2 aromatic rings. The van der Waals surface area contributed by atoms with Gasteiger partial charge in [-0.05, 0) is 42.0 Å². The van der Waals surface area contributed by atoms with Crippen LogP contribution in [-0.4, -0.2) is 29.3 Å². The molecular weight excluding hydrogens is 343 g/mol. The minimum absolute atomic E-state index is 0.0388. The van der Waals surface area contributed by atoms with Crippen molar-refractivity contribution in [2.45, 2.75) is 39.3 Å². The minimum atomic E-state index is -0.664. The zero-order chi connectivity index (χ0) is 19.4. The van der Waals surface area contributed by atoms with Crippen LogP contribution in [0.4, 0.5) is 4.39 Å². The summed E-state index contributed by atoms with van der Waals surface area (Å²) in [5.41, 5.74) is 2.36. The van der Waals surface area contributed by atoms with Crippen molar-refractivity contribution >= 4 is 11.8 Å². The van der Waals surface area contributed by atoms with Gasteiger partial charge in [0.2, 0.25) is 5.91 Å². The van der Waals surface area contributed by atoms with E-state index in [0.717, 1.165) is 12.0 Å². The van der Waals surface area contributed by atoms with Crippen LogP contribution in [0.5, 0.6) is 0 Å². The molecule has 1 heterocycles. The van der Waals surface area contributed by atoms with E-state index >= 15 is 0 Å². The summed E-state index contributed by atoms with van der Waals surface area (Å²) < 4.78 is 13.9. The van der Waals surface area contributed by atoms with Gasteiger partial charge in [0.05, 0.1) is 5.56 Å². The molecule has 1 atom stereocenters. The number of rotatable bonds is 5. The molecule has 0 aromatic heterocycles. The standard InChI is InChI=1S/C22H25FN2O2/c1-15(2)13-20(24-21(26)18-9-5-6-10-19(18)23)22(27)25-12-11-16-7-3-4-8-17(16)14-25/h3-10,15,20H,11-14H2,1-2H3,(H,24,26)/t20-/m1/s1. The average Bonchev–Trinajstić information content (AvgIpc) is 2.66. The fourth-order valence-electron chi connectivity index (χ4n) is 3.48. The van der Waals surface area contributed by atoms with Crippen LogP contribution in [0.2, 0.25) is 0 Å². The highest BCUT2D eigenvalue weighted by atomic mass is 19.1. The summed E-state index contributed by atoms with van der Waals surface area (Å²) in [6.45, 7) is 5.17. The molecule has 1 aliphatic rings. The van der Waals surface area contributed by atoms with Crippen molar-refractivity contribution in [1.29, 1.82) is 0 Å². The first kappa shape index (κ1) is 19.1. The topological polar surface area (TPSA) is 49.4 Å². The maximum absolute atomic E-state index is 13.9. The molecule has 0 unspecified atom stereocenters. The minimum Gasteiger partial charge on any atom is -0.340 e. The van der Waals surface area contributed by atoms with Gasteiger partial charge in [-0.1, -0.05) is 50.2 Å². The molecule has 0 radical (unpaired) electrons. The maximum Gasteiger partial charge on any atom is 0.254 e. The van der Waals surface area contributed by atoms with Gasteiger partial charge in [0.1, 0.15) is 11.9 Å². The first-order chi connectivity index (χ1) is 13.0. The quantitative estimate of drug-likeness (QED) is 0.877. The van der Waals surface area contributed by atoms with Crippen molar-refractivity contribution in [2.75, 3.05) is 6.54 Å². The van der Waals surface area contributed by atoms with E-state index in [0.29, 0.717) is 19.5 Å². The summed E-state index contributed by atoms with van der Waals surface area (Å²) in [6.07, 6.45) is 1.31. The number of benzene rings is 2. The molecule has 2 amide bonds. The smallest absolute Gasteiger partial charge is 0.254 e. The third-order valence-electron chi connectivity index (χ3n) is 4.87. The Balaban J connectivity index is 1.75. The highest BCUT2D eigenvalue weighted by Gasteiger charge is 2.29. The normalized spacial score (nSPS) is 14.6. The fraction of sp³-hybridized carbons (Fsp3) is 0.364. The number of hydrogen-bond donors (Lipinski definition) is 1. The lowest BCUT2D eigenvalue weighted by atomic mass is 9.97. The largest absolute Gasteiger partial charge is 0.340 e. The van der Waals surface area contributed by atoms with Crippen LogP contribution in [0.1, 0.15) is 41.8 Å². The van der Waals surface area contributed by atoms with E-state index in [-0.39, 0.29) is 17.4 Å². The molecular formula is C22H25FN2O2. The number of nitrogens with zero attached hydrogens (tertiary/aromatic N) is 1. The SMILES string of the molecule is CC(C)C[C@@H](NC(=O)c1ccccc1F)C(=O)N1CCc2ccccc2C1. The predicted molar refractivity (Wildman–Crippen MR) is 103 cm³/mol. The van der Waals surface area contributed by atoms with Crippen LogP contribution < -0.4 is 5.32 Å². The lowest BCUT2D eigenvalue weighted by Gasteiger charge is -2.32. The van der Waals surface area contributed by atoms with Crippen molar-refractivity contribution in [2.24, 2.45) is 5.92 Å². The molecule has 142 valence electrons. The van der Waals surface area contributed by atoms with Gasteiger partial charge in [0.15, 0.2) is 0 Å².